The van der Waals surface area contributed by atoms with Crippen molar-refractivity contribution >= 4 is 11.9 Å². The van der Waals surface area contributed by atoms with E-state index in [4.69, 9.17) is 15.2 Å². The Hall–Kier alpha value is -2.30. The minimum Gasteiger partial charge on any atom is -0.463 e. The largest absolute Gasteiger partial charge is 0.463 e. The first kappa shape index (κ1) is 16.1. The van der Waals surface area contributed by atoms with Crippen LogP contribution in [0.3, 0.4) is 0 Å². The van der Waals surface area contributed by atoms with Gasteiger partial charge in [-0.05, 0) is 0 Å². The normalized spacial score (nSPS) is 27.6. The maximum absolute atomic E-state index is 12.1. The van der Waals surface area contributed by atoms with Gasteiger partial charge in [0.25, 0.3) is 11.5 Å². The molecule has 0 bridgehead atoms. The number of aliphatic hydroxyl groups excluding tert-OH is 2. The van der Waals surface area contributed by atoms with Crippen molar-refractivity contribution in [3.63, 3.8) is 0 Å². The number of nitrogens with zero attached hydrogens (tertiary/aromatic N) is 2. The van der Waals surface area contributed by atoms with Gasteiger partial charge in [0, 0.05) is 19.3 Å². The average Bonchev–Trinajstić information content (AvgIpc) is 2.73. The molecule has 1 fully saturated rings. The van der Waals surface area contributed by atoms with Crippen molar-refractivity contribution in [2.24, 2.45) is 5.73 Å². The van der Waals surface area contributed by atoms with E-state index >= 15 is 0 Å². The molecule has 0 aromatic carbocycles. The molecule has 22 heavy (non-hydrogen) atoms. The van der Waals surface area contributed by atoms with Crippen molar-refractivity contribution in [3.05, 3.63) is 28.4 Å². The smallest absolute Gasteiger partial charge is 0.302 e. The quantitative estimate of drug-likeness (QED) is 0.516. The van der Waals surface area contributed by atoms with E-state index in [1.807, 2.05) is 0 Å². The molecule has 1 aliphatic heterocycles. The predicted octanol–water partition coefficient (Wildman–Crippen LogP) is -2.48. The Bertz CT molecular complexity index is 644. The lowest BCUT2D eigenvalue weighted by atomic mass is 10.1. The topological polar surface area (TPSA) is 154 Å². The Morgan fingerprint density at radius 3 is 2.73 bits per heavy atom. The molecule has 0 saturated carbocycles. The van der Waals surface area contributed by atoms with Gasteiger partial charge in [-0.15, -0.1) is 0 Å². The van der Waals surface area contributed by atoms with E-state index in [-0.39, 0.29) is 6.61 Å². The van der Waals surface area contributed by atoms with Gasteiger partial charge in [-0.2, -0.15) is 0 Å². The van der Waals surface area contributed by atoms with E-state index in [1.54, 1.807) is 0 Å². The first-order chi connectivity index (χ1) is 10.3. The van der Waals surface area contributed by atoms with Crippen LogP contribution in [0.5, 0.6) is 0 Å². The molecule has 10 heteroatoms. The van der Waals surface area contributed by atoms with E-state index < -0.39 is 47.7 Å². The van der Waals surface area contributed by atoms with Gasteiger partial charge in [0.1, 0.15) is 24.9 Å². The number of aliphatic hydroxyl groups is 2. The molecule has 1 aromatic heterocycles. The predicted molar refractivity (Wildman–Crippen MR) is 69.6 cm³/mol. The molecular formula is C12H15N3O7. The summed E-state index contributed by atoms with van der Waals surface area (Å²) in [4.78, 5) is 37.5. The second-order valence-corrected chi connectivity index (χ2v) is 4.70. The van der Waals surface area contributed by atoms with E-state index in [0.717, 1.165) is 10.8 Å². The van der Waals surface area contributed by atoms with Crippen LogP contribution in [0.2, 0.25) is 0 Å². The molecular weight excluding hydrogens is 298 g/mol. The average molecular weight is 313 g/mol. The molecule has 2 rings (SSSR count). The molecule has 1 saturated heterocycles. The number of carbonyl (C=O) groups excluding carboxylic acids is 2. The molecule has 4 atom stereocenters. The van der Waals surface area contributed by atoms with Crippen molar-refractivity contribution in [1.29, 1.82) is 0 Å². The summed E-state index contributed by atoms with van der Waals surface area (Å²) in [6.07, 6.45) is -2.78. The number of ether oxygens (including phenoxy) is 2. The maximum Gasteiger partial charge on any atom is 0.302 e. The molecule has 0 spiro atoms. The Morgan fingerprint density at radius 1 is 1.45 bits per heavy atom. The summed E-state index contributed by atoms with van der Waals surface area (Å²) in [6.45, 7) is 0.897. The number of esters is 1. The van der Waals surface area contributed by atoms with Crippen LogP contribution >= 0.6 is 0 Å². The van der Waals surface area contributed by atoms with Crippen LogP contribution in [0.4, 0.5) is 0 Å². The number of rotatable bonds is 4. The number of hydrogen-bond acceptors (Lipinski definition) is 8. The SMILES string of the molecule is CC(=O)OC[C@H]1O[C@@H](n2ccnc(C(N)=O)c2=O)[C@H](O)[C@@H]1O. The summed E-state index contributed by atoms with van der Waals surface area (Å²) >= 11 is 0. The molecule has 2 heterocycles. The summed E-state index contributed by atoms with van der Waals surface area (Å²) in [5.41, 5.74) is 3.65. The molecule has 1 aromatic rings. The Morgan fingerprint density at radius 2 is 2.14 bits per heavy atom. The van der Waals surface area contributed by atoms with E-state index in [1.165, 1.54) is 13.1 Å². The Kier molecular flexibility index (Phi) is 4.54. The second-order valence-electron chi connectivity index (χ2n) is 4.70. The molecule has 4 N–H and O–H groups in total. The fraction of sp³-hybridized carbons (Fsp3) is 0.500. The van der Waals surface area contributed by atoms with Crippen LogP contribution in [0.15, 0.2) is 17.2 Å². The fourth-order valence-corrected chi connectivity index (χ4v) is 2.09. The number of hydrogen-bond donors (Lipinski definition) is 3. The Balaban J connectivity index is 2.26. The third-order valence-corrected chi connectivity index (χ3v) is 3.16. The van der Waals surface area contributed by atoms with Crippen molar-refractivity contribution in [1.82, 2.24) is 9.55 Å². The monoisotopic (exact) mass is 313 g/mol. The molecule has 1 amide bonds. The highest BCUT2D eigenvalue weighted by Gasteiger charge is 2.44. The molecule has 1 aliphatic rings. The molecule has 0 unspecified atom stereocenters. The highest BCUT2D eigenvalue weighted by Crippen LogP contribution is 2.28. The number of carbonyl (C=O) groups is 2. The second kappa shape index (κ2) is 6.22. The highest BCUT2D eigenvalue weighted by atomic mass is 16.6. The van der Waals surface area contributed by atoms with Gasteiger partial charge >= 0.3 is 5.97 Å². The van der Waals surface area contributed by atoms with Crippen molar-refractivity contribution < 1.29 is 29.3 Å². The van der Waals surface area contributed by atoms with Gasteiger partial charge in [0.05, 0.1) is 0 Å². The summed E-state index contributed by atoms with van der Waals surface area (Å²) in [5, 5.41) is 19.9. The Labute approximate surface area is 124 Å². The lowest BCUT2D eigenvalue weighted by Gasteiger charge is -2.17. The van der Waals surface area contributed by atoms with E-state index in [0.29, 0.717) is 0 Å². The van der Waals surface area contributed by atoms with Gasteiger partial charge in [0.15, 0.2) is 11.9 Å². The number of nitrogens with two attached hydrogens (primary N) is 1. The van der Waals surface area contributed by atoms with E-state index in [9.17, 15) is 24.6 Å². The number of primary amides is 1. The van der Waals surface area contributed by atoms with Crippen molar-refractivity contribution in [2.45, 2.75) is 31.5 Å². The first-order valence-electron chi connectivity index (χ1n) is 6.35. The van der Waals surface area contributed by atoms with Crippen LogP contribution < -0.4 is 11.3 Å². The van der Waals surface area contributed by atoms with Crippen molar-refractivity contribution in [3.8, 4) is 0 Å². The zero-order valence-electron chi connectivity index (χ0n) is 11.6. The minimum absolute atomic E-state index is 0.285. The number of amides is 1. The van der Waals surface area contributed by atoms with Gasteiger partial charge in [0.2, 0.25) is 0 Å². The lowest BCUT2D eigenvalue weighted by Crippen LogP contribution is -2.38. The van der Waals surface area contributed by atoms with Crippen molar-refractivity contribution in [2.75, 3.05) is 6.61 Å². The fourth-order valence-electron chi connectivity index (χ4n) is 2.09. The standard InChI is InChI=1S/C12H15N3O7/c1-5(16)21-4-6-8(17)9(18)12(22-6)15-3-2-14-7(10(13)19)11(15)20/h2-3,6,8-9,12,17-18H,4H2,1H3,(H2,13,19)/t6-,8-,9-,12-/m1/s1. The van der Waals surface area contributed by atoms with Gasteiger partial charge < -0.3 is 25.4 Å². The third kappa shape index (κ3) is 2.98. The molecule has 120 valence electrons. The minimum atomic E-state index is -1.46. The molecule has 0 radical (unpaired) electrons. The number of aromatic nitrogens is 2. The summed E-state index contributed by atoms with van der Waals surface area (Å²) < 4.78 is 11.0. The van der Waals surface area contributed by atoms with Gasteiger partial charge in [-0.3, -0.25) is 19.0 Å². The first-order valence-corrected chi connectivity index (χ1v) is 6.35. The highest BCUT2D eigenvalue weighted by molar-refractivity contribution is 5.90. The molecule has 0 aliphatic carbocycles. The van der Waals surface area contributed by atoms with Gasteiger partial charge in [-0.25, -0.2) is 4.98 Å². The summed E-state index contributed by atoms with van der Waals surface area (Å²) in [5.74, 6) is -1.60. The zero-order chi connectivity index (χ0) is 16.4. The zero-order valence-corrected chi connectivity index (χ0v) is 11.6. The van der Waals surface area contributed by atoms with Crippen LogP contribution in [-0.2, 0) is 14.3 Å². The summed E-state index contributed by atoms with van der Waals surface area (Å²) in [7, 11) is 0. The van der Waals surface area contributed by atoms with Crippen LogP contribution in [0.25, 0.3) is 0 Å². The van der Waals surface area contributed by atoms with Crippen LogP contribution in [-0.4, -0.2) is 56.6 Å². The van der Waals surface area contributed by atoms with Gasteiger partial charge in [-0.1, -0.05) is 0 Å². The third-order valence-electron chi connectivity index (χ3n) is 3.16. The lowest BCUT2D eigenvalue weighted by molar-refractivity contribution is -0.147. The van der Waals surface area contributed by atoms with Crippen LogP contribution in [0, 0.1) is 0 Å². The molecule has 10 nitrogen and oxygen atoms in total. The van der Waals surface area contributed by atoms with Crippen LogP contribution in [0.1, 0.15) is 23.6 Å². The maximum atomic E-state index is 12.1. The van der Waals surface area contributed by atoms with E-state index in [2.05, 4.69) is 4.98 Å². The summed E-state index contributed by atoms with van der Waals surface area (Å²) in [6, 6.07) is 0.